The number of ether oxygens (including phenoxy) is 1. The van der Waals surface area contributed by atoms with Gasteiger partial charge in [-0.25, -0.2) is 0 Å². The fourth-order valence-electron chi connectivity index (χ4n) is 2.60. The lowest BCUT2D eigenvalue weighted by atomic mass is 10.3. The van der Waals surface area contributed by atoms with Crippen molar-refractivity contribution < 1.29 is 13.6 Å². The Bertz CT molecular complexity index is 566. The average molecular weight is 316 g/mol. The Morgan fingerprint density at radius 2 is 1.32 bits per heavy atom. The molecule has 2 aromatic carbocycles. The minimum atomic E-state index is -2.75. The Hall–Kier alpha value is -1.62. The first-order valence-electron chi connectivity index (χ1n) is 7.84. The summed E-state index contributed by atoms with van der Waals surface area (Å²) in [4.78, 5) is 0. The third-order valence-corrected chi connectivity index (χ3v) is 7.00. The van der Waals surface area contributed by atoms with Crippen molar-refractivity contribution in [3.8, 4) is 5.75 Å². The average Bonchev–Trinajstić information content (AvgIpc) is 2.56. The summed E-state index contributed by atoms with van der Waals surface area (Å²) < 4.78 is 18.4. The molecular weight excluding hydrogens is 292 g/mol. The summed E-state index contributed by atoms with van der Waals surface area (Å²) in [5.41, 5.74) is 0. The van der Waals surface area contributed by atoms with E-state index in [0.29, 0.717) is 19.8 Å². The molecule has 0 aliphatic carbocycles. The molecule has 0 aromatic heterocycles. The number of rotatable bonds is 8. The maximum absolute atomic E-state index is 6.27. The van der Waals surface area contributed by atoms with Gasteiger partial charge in [0, 0.05) is 18.4 Å². The third kappa shape index (κ3) is 3.40. The standard InChI is InChI=1S/C18H24O3Si/c1-4-19-17-14-10-11-15-18(17)22(20-5-2,21-6-3)16-12-8-7-9-13-16/h7-15H,4-6H2,1-3H3. The van der Waals surface area contributed by atoms with Crippen LogP contribution in [0.1, 0.15) is 20.8 Å². The molecule has 2 rings (SSSR count). The lowest BCUT2D eigenvalue weighted by molar-refractivity contribution is 0.207. The molecule has 0 N–H and O–H groups in total. The van der Waals surface area contributed by atoms with Crippen LogP contribution in [0.4, 0.5) is 0 Å². The Morgan fingerprint density at radius 1 is 0.727 bits per heavy atom. The molecule has 0 radical (unpaired) electrons. The van der Waals surface area contributed by atoms with Crippen LogP contribution < -0.4 is 15.1 Å². The molecular formula is C18H24O3Si. The molecule has 0 saturated heterocycles. The molecule has 0 heterocycles. The first kappa shape index (κ1) is 16.7. The highest BCUT2D eigenvalue weighted by Gasteiger charge is 2.44. The number of benzene rings is 2. The molecule has 0 saturated carbocycles. The van der Waals surface area contributed by atoms with E-state index in [1.165, 1.54) is 0 Å². The van der Waals surface area contributed by atoms with Crippen molar-refractivity contribution in [2.24, 2.45) is 0 Å². The van der Waals surface area contributed by atoms with Gasteiger partial charge in [-0.2, -0.15) is 0 Å². The second-order valence-corrected chi connectivity index (χ2v) is 7.70. The Labute approximate surface area is 134 Å². The van der Waals surface area contributed by atoms with Crippen LogP contribution in [0.3, 0.4) is 0 Å². The smallest absolute Gasteiger partial charge is 0.410 e. The van der Waals surface area contributed by atoms with Crippen LogP contribution >= 0.6 is 0 Å². The molecule has 22 heavy (non-hydrogen) atoms. The van der Waals surface area contributed by atoms with Gasteiger partial charge < -0.3 is 13.6 Å². The number of para-hydroxylation sites is 1. The van der Waals surface area contributed by atoms with Gasteiger partial charge in [0.15, 0.2) is 0 Å². The van der Waals surface area contributed by atoms with Crippen LogP contribution in [-0.2, 0) is 8.85 Å². The summed E-state index contributed by atoms with van der Waals surface area (Å²) in [5, 5.41) is 2.14. The summed E-state index contributed by atoms with van der Waals surface area (Å²) in [6.07, 6.45) is 0. The van der Waals surface area contributed by atoms with Gasteiger partial charge in [0.05, 0.1) is 6.61 Å². The van der Waals surface area contributed by atoms with E-state index in [1.54, 1.807) is 0 Å². The highest BCUT2D eigenvalue weighted by Crippen LogP contribution is 2.17. The van der Waals surface area contributed by atoms with E-state index >= 15 is 0 Å². The lowest BCUT2D eigenvalue weighted by Gasteiger charge is -2.31. The molecule has 0 aliphatic rings. The van der Waals surface area contributed by atoms with Gasteiger partial charge in [-0.1, -0.05) is 48.5 Å². The van der Waals surface area contributed by atoms with Crippen LogP contribution in [-0.4, -0.2) is 28.4 Å². The molecule has 4 heteroatoms. The first-order chi connectivity index (χ1) is 10.8. The molecule has 0 amide bonds. The van der Waals surface area contributed by atoms with E-state index in [1.807, 2.05) is 57.2 Å². The van der Waals surface area contributed by atoms with Gasteiger partial charge in [0.25, 0.3) is 0 Å². The van der Waals surface area contributed by atoms with E-state index in [4.69, 9.17) is 13.6 Å². The Balaban J connectivity index is 2.62. The van der Waals surface area contributed by atoms with Gasteiger partial charge in [0.1, 0.15) is 5.75 Å². The normalized spacial score (nSPS) is 11.4. The lowest BCUT2D eigenvalue weighted by Crippen LogP contribution is -2.63. The van der Waals surface area contributed by atoms with E-state index in [9.17, 15) is 0 Å². The number of hydrogen-bond acceptors (Lipinski definition) is 3. The van der Waals surface area contributed by atoms with E-state index < -0.39 is 8.56 Å². The third-order valence-electron chi connectivity index (χ3n) is 3.39. The fourth-order valence-corrected chi connectivity index (χ4v) is 5.88. The topological polar surface area (TPSA) is 27.7 Å². The molecule has 0 bridgehead atoms. The van der Waals surface area contributed by atoms with Crippen molar-refractivity contribution in [3.63, 3.8) is 0 Å². The van der Waals surface area contributed by atoms with Crippen LogP contribution in [0.5, 0.6) is 5.75 Å². The van der Waals surface area contributed by atoms with Crippen molar-refractivity contribution >= 4 is 18.9 Å². The summed E-state index contributed by atoms with van der Waals surface area (Å²) in [6, 6.07) is 18.3. The van der Waals surface area contributed by atoms with Crippen molar-refractivity contribution in [2.75, 3.05) is 19.8 Å². The second kappa shape index (κ2) is 8.13. The Kier molecular flexibility index (Phi) is 6.18. The van der Waals surface area contributed by atoms with Gasteiger partial charge in [-0.05, 0) is 32.0 Å². The molecule has 0 fully saturated rings. The maximum atomic E-state index is 6.27. The van der Waals surface area contributed by atoms with Gasteiger partial charge in [-0.15, -0.1) is 0 Å². The summed E-state index contributed by atoms with van der Waals surface area (Å²) >= 11 is 0. The van der Waals surface area contributed by atoms with Crippen molar-refractivity contribution in [3.05, 3.63) is 54.6 Å². The second-order valence-electron chi connectivity index (χ2n) is 4.78. The minimum Gasteiger partial charge on any atom is -0.494 e. The van der Waals surface area contributed by atoms with Crippen LogP contribution in [0, 0.1) is 0 Å². The number of hydrogen-bond donors (Lipinski definition) is 0. The highest BCUT2D eigenvalue weighted by molar-refractivity contribution is 6.93. The molecule has 0 atom stereocenters. The van der Waals surface area contributed by atoms with Gasteiger partial charge in [-0.3, -0.25) is 0 Å². The van der Waals surface area contributed by atoms with Crippen molar-refractivity contribution in [1.29, 1.82) is 0 Å². The zero-order valence-electron chi connectivity index (χ0n) is 13.5. The first-order valence-corrected chi connectivity index (χ1v) is 9.65. The predicted octanol–water partition coefficient (Wildman–Crippen LogP) is 2.71. The predicted molar refractivity (Wildman–Crippen MR) is 92.3 cm³/mol. The summed E-state index contributed by atoms with van der Waals surface area (Å²) in [5.74, 6) is 0.849. The van der Waals surface area contributed by atoms with Crippen LogP contribution in [0.2, 0.25) is 0 Å². The molecule has 2 aromatic rings. The Morgan fingerprint density at radius 3 is 1.91 bits per heavy atom. The van der Waals surface area contributed by atoms with Crippen LogP contribution in [0.25, 0.3) is 0 Å². The quantitative estimate of drug-likeness (QED) is 0.701. The largest absolute Gasteiger partial charge is 0.494 e. The highest BCUT2D eigenvalue weighted by atomic mass is 28.4. The molecule has 0 aliphatic heterocycles. The van der Waals surface area contributed by atoms with Crippen molar-refractivity contribution in [2.45, 2.75) is 20.8 Å². The maximum Gasteiger partial charge on any atom is 0.410 e. The van der Waals surface area contributed by atoms with E-state index in [2.05, 4.69) is 18.2 Å². The molecule has 3 nitrogen and oxygen atoms in total. The molecule has 118 valence electrons. The van der Waals surface area contributed by atoms with Gasteiger partial charge >= 0.3 is 8.56 Å². The van der Waals surface area contributed by atoms with E-state index in [-0.39, 0.29) is 0 Å². The monoisotopic (exact) mass is 316 g/mol. The van der Waals surface area contributed by atoms with Gasteiger partial charge in [0.2, 0.25) is 0 Å². The van der Waals surface area contributed by atoms with Crippen LogP contribution in [0.15, 0.2) is 54.6 Å². The fraction of sp³-hybridized carbons (Fsp3) is 0.333. The minimum absolute atomic E-state index is 0.599. The summed E-state index contributed by atoms with van der Waals surface area (Å²) in [7, 11) is -2.75. The molecule has 0 spiro atoms. The van der Waals surface area contributed by atoms with E-state index in [0.717, 1.165) is 16.1 Å². The summed E-state index contributed by atoms with van der Waals surface area (Å²) in [6.45, 7) is 7.82. The zero-order valence-corrected chi connectivity index (χ0v) is 14.5. The SMILES string of the molecule is CCOc1ccccc1[Si](OCC)(OCC)c1ccccc1. The van der Waals surface area contributed by atoms with Crippen molar-refractivity contribution in [1.82, 2.24) is 0 Å². The zero-order chi connectivity index (χ0) is 15.8. The molecule has 0 unspecified atom stereocenters.